The molecule has 0 heterocycles. The first kappa shape index (κ1) is 9.90. The van der Waals surface area contributed by atoms with Crippen molar-refractivity contribution in [3.8, 4) is 0 Å². The van der Waals surface area contributed by atoms with E-state index >= 15 is 0 Å². The van der Waals surface area contributed by atoms with E-state index in [0.717, 1.165) is 0 Å². The summed E-state index contributed by atoms with van der Waals surface area (Å²) < 4.78 is 0. The van der Waals surface area contributed by atoms with Crippen LogP contribution in [0, 0.1) is 20.8 Å². The first-order valence-corrected chi connectivity index (χ1v) is 4.58. The third-order valence-corrected chi connectivity index (χ3v) is 2.47. The molecule has 0 aliphatic heterocycles. The van der Waals surface area contributed by atoms with Crippen molar-refractivity contribution in [3.63, 3.8) is 0 Å². The fraction of sp³-hybridized carbons (Fsp3) is 0.455. The van der Waals surface area contributed by atoms with Gasteiger partial charge in [-0.1, -0.05) is 6.07 Å². The van der Waals surface area contributed by atoms with Crippen molar-refractivity contribution in [2.24, 2.45) is 0 Å². The summed E-state index contributed by atoms with van der Waals surface area (Å²) in [6, 6.07) is 2.20. The third-order valence-electron chi connectivity index (χ3n) is 2.47. The van der Waals surface area contributed by atoms with Crippen molar-refractivity contribution in [2.75, 3.05) is 24.7 Å². The van der Waals surface area contributed by atoms with Crippen molar-refractivity contribution in [1.82, 2.24) is 0 Å². The summed E-state index contributed by atoms with van der Waals surface area (Å²) in [7, 11) is 3.92. The summed E-state index contributed by atoms with van der Waals surface area (Å²) in [5.74, 6) is 0. The average molecular weight is 178 g/mol. The van der Waals surface area contributed by atoms with Gasteiger partial charge in [-0.3, -0.25) is 0 Å². The molecule has 0 spiro atoms. The molecular weight excluding hydrogens is 160 g/mol. The Bertz CT molecular complexity index is 288. The summed E-state index contributed by atoms with van der Waals surface area (Å²) >= 11 is 0. The van der Waals surface area contributed by atoms with Gasteiger partial charge in [0.15, 0.2) is 0 Å². The molecule has 0 aromatic heterocycles. The lowest BCUT2D eigenvalue weighted by Crippen LogP contribution is -2.02. The van der Waals surface area contributed by atoms with E-state index in [1.165, 1.54) is 28.1 Å². The molecule has 0 atom stereocenters. The highest BCUT2D eigenvalue weighted by Gasteiger charge is 2.07. The Hall–Kier alpha value is -1.18. The van der Waals surface area contributed by atoms with Crippen LogP contribution >= 0.6 is 0 Å². The molecule has 0 saturated heterocycles. The Labute approximate surface area is 80.4 Å². The van der Waals surface area contributed by atoms with Crippen LogP contribution in [-0.4, -0.2) is 14.1 Å². The molecule has 13 heavy (non-hydrogen) atoms. The minimum Gasteiger partial charge on any atom is -0.388 e. The third kappa shape index (κ3) is 1.62. The van der Waals surface area contributed by atoms with E-state index in [0.29, 0.717) is 0 Å². The van der Waals surface area contributed by atoms with E-state index in [1.54, 1.807) is 0 Å². The summed E-state index contributed by atoms with van der Waals surface area (Å²) in [5, 5.41) is 6.45. The minimum atomic E-state index is 1.23. The number of nitrogens with one attached hydrogen (secondary N) is 2. The van der Waals surface area contributed by atoms with Crippen LogP contribution in [0.25, 0.3) is 0 Å². The molecule has 0 fully saturated rings. The van der Waals surface area contributed by atoms with Gasteiger partial charge in [0.1, 0.15) is 0 Å². The van der Waals surface area contributed by atoms with Crippen molar-refractivity contribution < 1.29 is 0 Å². The maximum atomic E-state index is 3.23. The Morgan fingerprint density at radius 3 is 1.54 bits per heavy atom. The fourth-order valence-corrected chi connectivity index (χ4v) is 1.95. The lowest BCUT2D eigenvalue weighted by atomic mass is 10.0. The van der Waals surface area contributed by atoms with E-state index in [2.05, 4.69) is 37.5 Å². The monoisotopic (exact) mass is 178 g/mol. The molecule has 72 valence electrons. The van der Waals surface area contributed by atoms with Gasteiger partial charge in [0, 0.05) is 25.5 Å². The van der Waals surface area contributed by atoms with Crippen LogP contribution in [-0.2, 0) is 0 Å². The predicted octanol–water partition coefficient (Wildman–Crippen LogP) is 2.70. The zero-order valence-electron chi connectivity index (χ0n) is 9.08. The van der Waals surface area contributed by atoms with E-state index in [-0.39, 0.29) is 0 Å². The molecule has 2 heteroatoms. The Balaban J connectivity index is 3.39. The number of aryl methyl sites for hydroxylation is 2. The second kappa shape index (κ2) is 3.69. The van der Waals surface area contributed by atoms with Crippen LogP contribution in [0.5, 0.6) is 0 Å². The molecular formula is C11H18N2. The summed E-state index contributed by atoms with van der Waals surface area (Å²) in [4.78, 5) is 0. The van der Waals surface area contributed by atoms with Gasteiger partial charge in [-0.05, 0) is 37.5 Å². The van der Waals surface area contributed by atoms with E-state index in [4.69, 9.17) is 0 Å². The minimum absolute atomic E-state index is 1.23. The number of benzene rings is 1. The molecule has 0 bridgehead atoms. The van der Waals surface area contributed by atoms with E-state index < -0.39 is 0 Å². The van der Waals surface area contributed by atoms with E-state index in [9.17, 15) is 0 Å². The van der Waals surface area contributed by atoms with Gasteiger partial charge < -0.3 is 10.6 Å². The van der Waals surface area contributed by atoms with Crippen LogP contribution in [0.1, 0.15) is 16.7 Å². The second-order valence-electron chi connectivity index (χ2n) is 3.39. The molecule has 1 aromatic rings. The molecule has 1 aromatic carbocycles. The Kier molecular flexibility index (Phi) is 2.81. The first-order chi connectivity index (χ1) is 6.11. The smallest absolute Gasteiger partial charge is 0.0417 e. The largest absolute Gasteiger partial charge is 0.388 e. The highest BCUT2D eigenvalue weighted by Crippen LogP contribution is 2.29. The van der Waals surface area contributed by atoms with Gasteiger partial charge >= 0.3 is 0 Å². The van der Waals surface area contributed by atoms with Crippen LogP contribution in [0.15, 0.2) is 6.07 Å². The van der Waals surface area contributed by atoms with Crippen molar-refractivity contribution in [3.05, 3.63) is 22.8 Å². The molecule has 0 saturated carbocycles. The molecule has 2 nitrogen and oxygen atoms in total. The van der Waals surface area contributed by atoms with Gasteiger partial charge in [-0.2, -0.15) is 0 Å². The number of hydrogen-bond acceptors (Lipinski definition) is 2. The van der Waals surface area contributed by atoms with Gasteiger partial charge in [0.2, 0.25) is 0 Å². The maximum Gasteiger partial charge on any atom is 0.0417 e. The quantitative estimate of drug-likeness (QED) is 0.727. The van der Waals surface area contributed by atoms with Gasteiger partial charge in [0.05, 0.1) is 0 Å². The SMILES string of the molecule is CNc1c(C)cc(C)c(NC)c1C. The van der Waals surface area contributed by atoms with Crippen LogP contribution < -0.4 is 10.6 Å². The highest BCUT2D eigenvalue weighted by atomic mass is 14.9. The van der Waals surface area contributed by atoms with Crippen LogP contribution in [0.2, 0.25) is 0 Å². The van der Waals surface area contributed by atoms with Crippen LogP contribution in [0.3, 0.4) is 0 Å². The van der Waals surface area contributed by atoms with Crippen molar-refractivity contribution >= 4 is 11.4 Å². The Morgan fingerprint density at radius 1 is 0.846 bits per heavy atom. The number of anilines is 2. The number of hydrogen-bond donors (Lipinski definition) is 2. The standard InChI is InChI=1S/C11H18N2/c1-7-6-8(2)11(13-5)9(3)10(7)12-4/h6,12-13H,1-5H3. The normalized spacial score (nSPS) is 9.92. The highest BCUT2D eigenvalue weighted by molar-refractivity contribution is 5.71. The second-order valence-corrected chi connectivity index (χ2v) is 3.39. The first-order valence-electron chi connectivity index (χ1n) is 4.58. The average Bonchev–Trinajstić information content (AvgIpc) is 2.04. The lowest BCUT2D eigenvalue weighted by molar-refractivity contribution is 1.28. The van der Waals surface area contributed by atoms with E-state index in [1.807, 2.05) is 14.1 Å². The molecule has 0 radical (unpaired) electrons. The molecule has 1 rings (SSSR count). The molecule has 2 N–H and O–H groups in total. The van der Waals surface area contributed by atoms with Gasteiger partial charge in [-0.25, -0.2) is 0 Å². The zero-order valence-corrected chi connectivity index (χ0v) is 9.08. The Morgan fingerprint density at radius 2 is 1.23 bits per heavy atom. The fourth-order valence-electron chi connectivity index (χ4n) is 1.95. The molecule has 0 aliphatic rings. The molecule has 0 aliphatic carbocycles. The van der Waals surface area contributed by atoms with Gasteiger partial charge in [0.25, 0.3) is 0 Å². The topological polar surface area (TPSA) is 24.1 Å². The molecule has 0 amide bonds. The van der Waals surface area contributed by atoms with Crippen molar-refractivity contribution in [2.45, 2.75) is 20.8 Å². The van der Waals surface area contributed by atoms with Crippen LogP contribution in [0.4, 0.5) is 11.4 Å². The van der Waals surface area contributed by atoms with Gasteiger partial charge in [-0.15, -0.1) is 0 Å². The maximum absolute atomic E-state index is 3.23. The molecule has 0 unspecified atom stereocenters. The summed E-state index contributed by atoms with van der Waals surface area (Å²) in [5.41, 5.74) is 6.36. The lowest BCUT2D eigenvalue weighted by Gasteiger charge is -2.16. The summed E-state index contributed by atoms with van der Waals surface area (Å²) in [6.45, 7) is 6.40. The number of rotatable bonds is 2. The van der Waals surface area contributed by atoms with Crippen molar-refractivity contribution in [1.29, 1.82) is 0 Å². The predicted molar refractivity (Wildman–Crippen MR) is 59.7 cm³/mol. The summed E-state index contributed by atoms with van der Waals surface area (Å²) in [6.07, 6.45) is 0. The zero-order chi connectivity index (χ0) is 10.0.